The van der Waals surface area contributed by atoms with Crippen molar-refractivity contribution in [2.75, 3.05) is 16.3 Å². The standard InChI is InChI=1S/C12H13N3O4S/c1-8-7-11(19-14-8)12(16)13-9-5-3-4-6-10(9)15-20(2,17)18/h3-7,15H,1-2H3,(H,13,16). The zero-order valence-electron chi connectivity index (χ0n) is 10.9. The molecule has 0 unspecified atom stereocenters. The summed E-state index contributed by atoms with van der Waals surface area (Å²) in [5.74, 6) is -0.454. The number of nitrogens with zero attached hydrogens (tertiary/aromatic N) is 1. The van der Waals surface area contributed by atoms with Crippen molar-refractivity contribution in [2.24, 2.45) is 0 Å². The van der Waals surface area contributed by atoms with Gasteiger partial charge in [-0.2, -0.15) is 0 Å². The van der Waals surface area contributed by atoms with Gasteiger partial charge >= 0.3 is 0 Å². The molecule has 0 atom stereocenters. The minimum absolute atomic E-state index is 0.0525. The molecule has 0 spiro atoms. The van der Waals surface area contributed by atoms with Crippen LogP contribution in [0.5, 0.6) is 0 Å². The number of para-hydroxylation sites is 2. The van der Waals surface area contributed by atoms with E-state index in [0.717, 1.165) is 6.26 Å². The first-order valence-corrected chi connectivity index (χ1v) is 7.56. The summed E-state index contributed by atoms with van der Waals surface area (Å²) >= 11 is 0. The summed E-state index contributed by atoms with van der Waals surface area (Å²) in [6, 6.07) is 7.94. The summed E-state index contributed by atoms with van der Waals surface area (Å²) in [4.78, 5) is 11.9. The minimum atomic E-state index is -3.43. The zero-order chi connectivity index (χ0) is 14.8. The summed E-state index contributed by atoms with van der Waals surface area (Å²) in [5.41, 5.74) is 1.19. The quantitative estimate of drug-likeness (QED) is 0.892. The predicted octanol–water partition coefficient (Wildman–Crippen LogP) is 1.61. The molecule has 0 aliphatic rings. The van der Waals surface area contributed by atoms with Crippen molar-refractivity contribution in [1.29, 1.82) is 0 Å². The number of nitrogens with one attached hydrogen (secondary N) is 2. The van der Waals surface area contributed by atoms with Crippen molar-refractivity contribution in [3.8, 4) is 0 Å². The molecule has 8 heteroatoms. The molecule has 1 amide bonds. The van der Waals surface area contributed by atoms with Crippen molar-refractivity contribution in [2.45, 2.75) is 6.92 Å². The Balaban J connectivity index is 2.23. The van der Waals surface area contributed by atoms with Crippen molar-refractivity contribution in [3.05, 3.63) is 41.8 Å². The SMILES string of the molecule is Cc1cc(C(=O)Nc2ccccc2NS(C)(=O)=O)on1. The molecule has 0 aliphatic carbocycles. The van der Waals surface area contributed by atoms with Crippen LogP contribution in [0.2, 0.25) is 0 Å². The van der Waals surface area contributed by atoms with Gasteiger partial charge in [0.25, 0.3) is 5.91 Å². The van der Waals surface area contributed by atoms with Crippen molar-refractivity contribution in [1.82, 2.24) is 5.16 Å². The maximum atomic E-state index is 11.9. The zero-order valence-corrected chi connectivity index (χ0v) is 11.7. The molecule has 2 aromatic rings. The van der Waals surface area contributed by atoms with E-state index in [1.54, 1.807) is 31.2 Å². The van der Waals surface area contributed by atoms with Crippen LogP contribution in [0.4, 0.5) is 11.4 Å². The third kappa shape index (κ3) is 3.58. The highest BCUT2D eigenvalue weighted by molar-refractivity contribution is 7.92. The summed E-state index contributed by atoms with van der Waals surface area (Å²) in [7, 11) is -3.43. The molecule has 0 aliphatic heterocycles. The van der Waals surface area contributed by atoms with E-state index in [9.17, 15) is 13.2 Å². The molecule has 0 saturated heterocycles. The van der Waals surface area contributed by atoms with Crippen molar-refractivity contribution >= 4 is 27.3 Å². The average Bonchev–Trinajstić information content (AvgIpc) is 2.77. The van der Waals surface area contributed by atoms with E-state index in [1.807, 2.05) is 0 Å². The fourth-order valence-corrected chi connectivity index (χ4v) is 2.11. The Morgan fingerprint density at radius 1 is 1.25 bits per heavy atom. The van der Waals surface area contributed by atoms with Crippen molar-refractivity contribution < 1.29 is 17.7 Å². The van der Waals surface area contributed by atoms with Gasteiger partial charge in [0.15, 0.2) is 0 Å². The number of carbonyl (C=O) groups is 1. The maximum Gasteiger partial charge on any atom is 0.294 e. The molecule has 0 radical (unpaired) electrons. The topological polar surface area (TPSA) is 101 Å². The fourth-order valence-electron chi connectivity index (χ4n) is 1.54. The van der Waals surface area contributed by atoms with E-state index in [0.29, 0.717) is 11.4 Å². The molecule has 2 N–H and O–H groups in total. The Morgan fingerprint density at radius 2 is 1.90 bits per heavy atom. The highest BCUT2D eigenvalue weighted by Crippen LogP contribution is 2.22. The molecule has 106 valence electrons. The molecule has 1 aromatic carbocycles. The van der Waals surface area contributed by atoms with Gasteiger partial charge in [-0.05, 0) is 19.1 Å². The normalized spacial score (nSPS) is 11.1. The first-order valence-electron chi connectivity index (χ1n) is 5.66. The lowest BCUT2D eigenvalue weighted by molar-refractivity contribution is 0.0988. The van der Waals surface area contributed by atoms with E-state index in [1.165, 1.54) is 6.07 Å². The Morgan fingerprint density at radius 3 is 2.45 bits per heavy atom. The van der Waals surface area contributed by atoms with Crippen LogP contribution in [0, 0.1) is 6.92 Å². The molecular weight excluding hydrogens is 282 g/mol. The van der Waals surface area contributed by atoms with E-state index < -0.39 is 15.9 Å². The number of hydrogen-bond acceptors (Lipinski definition) is 5. The molecule has 0 fully saturated rings. The second-order valence-electron chi connectivity index (χ2n) is 4.21. The number of hydrogen-bond donors (Lipinski definition) is 2. The van der Waals surface area contributed by atoms with Gasteiger partial charge in [-0.25, -0.2) is 8.42 Å². The first kappa shape index (κ1) is 14.1. The van der Waals surface area contributed by atoms with Crippen LogP contribution in [0.15, 0.2) is 34.9 Å². The van der Waals surface area contributed by atoms with Gasteiger partial charge in [-0.1, -0.05) is 17.3 Å². The summed E-state index contributed by atoms with van der Waals surface area (Å²) in [6.45, 7) is 1.69. The van der Waals surface area contributed by atoms with Crippen LogP contribution in [-0.2, 0) is 10.0 Å². The third-order valence-electron chi connectivity index (χ3n) is 2.32. The number of sulfonamides is 1. The van der Waals surface area contributed by atoms with Crippen LogP contribution in [-0.4, -0.2) is 25.7 Å². The third-order valence-corrected chi connectivity index (χ3v) is 2.91. The van der Waals surface area contributed by atoms with Gasteiger partial charge in [0.05, 0.1) is 23.3 Å². The summed E-state index contributed by atoms with van der Waals surface area (Å²) < 4.78 is 29.7. The highest BCUT2D eigenvalue weighted by atomic mass is 32.2. The van der Waals surface area contributed by atoms with E-state index in [-0.39, 0.29) is 11.4 Å². The number of aromatic nitrogens is 1. The second kappa shape index (κ2) is 5.33. The number of carbonyl (C=O) groups excluding carboxylic acids is 1. The fraction of sp³-hybridized carbons (Fsp3) is 0.167. The summed E-state index contributed by atoms with van der Waals surface area (Å²) in [6.07, 6.45) is 1.03. The average molecular weight is 295 g/mol. The molecular formula is C12H13N3O4S. The van der Waals surface area contributed by atoms with E-state index in [2.05, 4.69) is 15.2 Å². The molecule has 0 saturated carbocycles. The minimum Gasteiger partial charge on any atom is -0.351 e. The molecule has 2 rings (SSSR count). The van der Waals surface area contributed by atoms with Crippen molar-refractivity contribution in [3.63, 3.8) is 0 Å². The predicted molar refractivity (Wildman–Crippen MR) is 74.1 cm³/mol. The lowest BCUT2D eigenvalue weighted by Gasteiger charge is -2.10. The van der Waals surface area contributed by atoms with Crippen LogP contribution in [0.3, 0.4) is 0 Å². The van der Waals surface area contributed by atoms with Gasteiger partial charge in [-0.3, -0.25) is 9.52 Å². The van der Waals surface area contributed by atoms with Crippen LogP contribution in [0.1, 0.15) is 16.2 Å². The Labute approximate surface area is 116 Å². The van der Waals surface area contributed by atoms with Gasteiger partial charge in [0, 0.05) is 6.07 Å². The van der Waals surface area contributed by atoms with Crippen LogP contribution >= 0.6 is 0 Å². The van der Waals surface area contributed by atoms with Gasteiger partial charge in [0.2, 0.25) is 15.8 Å². The Hall–Kier alpha value is -2.35. The monoisotopic (exact) mass is 295 g/mol. The molecule has 1 heterocycles. The molecule has 20 heavy (non-hydrogen) atoms. The lowest BCUT2D eigenvalue weighted by Crippen LogP contribution is -2.15. The Bertz CT molecular complexity index is 737. The van der Waals surface area contributed by atoms with E-state index in [4.69, 9.17) is 4.52 Å². The molecule has 1 aromatic heterocycles. The van der Waals surface area contributed by atoms with Crippen LogP contribution < -0.4 is 10.0 Å². The number of benzene rings is 1. The van der Waals surface area contributed by atoms with Crippen LogP contribution in [0.25, 0.3) is 0 Å². The lowest BCUT2D eigenvalue weighted by atomic mass is 10.2. The number of anilines is 2. The number of rotatable bonds is 4. The maximum absolute atomic E-state index is 11.9. The Kier molecular flexibility index (Phi) is 3.75. The molecule has 7 nitrogen and oxygen atoms in total. The van der Waals surface area contributed by atoms with E-state index >= 15 is 0 Å². The molecule has 0 bridgehead atoms. The first-order chi connectivity index (χ1) is 9.35. The number of amides is 1. The highest BCUT2D eigenvalue weighted by Gasteiger charge is 2.14. The second-order valence-corrected chi connectivity index (χ2v) is 5.95. The number of aryl methyl sites for hydroxylation is 1. The van der Waals surface area contributed by atoms with Gasteiger partial charge in [-0.15, -0.1) is 0 Å². The smallest absolute Gasteiger partial charge is 0.294 e. The summed E-state index contributed by atoms with van der Waals surface area (Å²) in [5, 5.41) is 6.18. The van der Waals surface area contributed by atoms with Gasteiger partial charge < -0.3 is 9.84 Å². The largest absolute Gasteiger partial charge is 0.351 e. The van der Waals surface area contributed by atoms with Gasteiger partial charge in [0.1, 0.15) is 0 Å².